The molecule has 134 valence electrons. The van der Waals surface area contributed by atoms with Crippen molar-refractivity contribution >= 4 is 27.1 Å². The first kappa shape index (κ1) is 17.8. The van der Waals surface area contributed by atoms with E-state index in [1.807, 2.05) is 0 Å². The van der Waals surface area contributed by atoms with Crippen LogP contribution in [-0.4, -0.2) is 15.5 Å². The molecule has 0 heterocycles. The summed E-state index contributed by atoms with van der Waals surface area (Å²) in [6, 6.07) is 18.9. The summed E-state index contributed by atoms with van der Waals surface area (Å²) >= 11 is 0. The van der Waals surface area contributed by atoms with Crippen molar-refractivity contribution in [1.29, 1.82) is 0 Å². The molecule has 0 aliphatic rings. The fourth-order valence-electron chi connectivity index (χ4n) is 2.31. The summed E-state index contributed by atoms with van der Waals surface area (Å²) in [4.78, 5) is 0.131. The predicted molar refractivity (Wildman–Crippen MR) is 99.9 cm³/mol. The van der Waals surface area contributed by atoms with Crippen LogP contribution in [-0.2, 0) is 10.0 Å². The van der Waals surface area contributed by atoms with Gasteiger partial charge in [0.1, 0.15) is 11.6 Å². The Balaban J connectivity index is 1.73. The molecule has 2 N–H and O–H groups in total. The van der Waals surface area contributed by atoms with Crippen LogP contribution in [0.4, 0.5) is 21.5 Å². The molecule has 0 amide bonds. The van der Waals surface area contributed by atoms with Crippen LogP contribution in [0.1, 0.15) is 0 Å². The number of sulfonamides is 1. The van der Waals surface area contributed by atoms with E-state index in [0.29, 0.717) is 22.8 Å². The quantitative estimate of drug-likeness (QED) is 0.674. The number of ether oxygens (including phenoxy) is 1. The van der Waals surface area contributed by atoms with E-state index in [2.05, 4.69) is 10.0 Å². The molecule has 3 aromatic rings. The average molecular weight is 372 g/mol. The molecular weight excluding hydrogens is 355 g/mol. The Bertz CT molecular complexity index is 988. The molecule has 0 atom stereocenters. The highest BCUT2D eigenvalue weighted by Gasteiger charge is 2.14. The summed E-state index contributed by atoms with van der Waals surface area (Å²) in [5.41, 5.74) is 1.39. The van der Waals surface area contributed by atoms with Crippen LogP contribution in [0, 0.1) is 5.82 Å². The zero-order valence-corrected chi connectivity index (χ0v) is 14.8. The third-order valence-electron chi connectivity index (χ3n) is 3.66. The molecule has 0 bridgehead atoms. The second-order valence-corrected chi connectivity index (χ2v) is 7.15. The maximum atomic E-state index is 13.7. The van der Waals surface area contributed by atoms with Crippen LogP contribution < -0.4 is 14.8 Å². The Labute approximate surface area is 151 Å². The molecule has 5 nitrogen and oxygen atoms in total. The van der Waals surface area contributed by atoms with Crippen molar-refractivity contribution in [1.82, 2.24) is 0 Å². The van der Waals surface area contributed by atoms with Gasteiger partial charge in [-0.15, -0.1) is 0 Å². The van der Waals surface area contributed by atoms with Crippen molar-refractivity contribution < 1.29 is 17.5 Å². The van der Waals surface area contributed by atoms with Crippen LogP contribution in [0.3, 0.4) is 0 Å². The molecule has 7 heteroatoms. The van der Waals surface area contributed by atoms with Gasteiger partial charge in [0.2, 0.25) is 0 Å². The van der Waals surface area contributed by atoms with Gasteiger partial charge in [0, 0.05) is 11.4 Å². The van der Waals surface area contributed by atoms with Gasteiger partial charge in [-0.2, -0.15) is 0 Å². The first-order valence-corrected chi connectivity index (χ1v) is 9.25. The summed E-state index contributed by atoms with van der Waals surface area (Å²) in [5, 5.41) is 2.94. The Morgan fingerprint density at radius 3 is 2.08 bits per heavy atom. The van der Waals surface area contributed by atoms with Crippen molar-refractivity contribution in [2.45, 2.75) is 4.90 Å². The fraction of sp³-hybridized carbons (Fsp3) is 0.0526. The highest BCUT2D eigenvalue weighted by atomic mass is 32.2. The molecule has 0 aliphatic heterocycles. The number of hydrogen-bond acceptors (Lipinski definition) is 4. The molecule has 0 aromatic heterocycles. The molecule has 3 rings (SSSR count). The molecule has 3 aromatic carbocycles. The van der Waals surface area contributed by atoms with Crippen LogP contribution in [0.5, 0.6) is 5.75 Å². The first-order chi connectivity index (χ1) is 12.5. The van der Waals surface area contributed by atoms with E-state index in [1.54, 1.807) is 54.6 Å². The van der Waals surface area contributed by atoms with Crippen molar-refractivity contribution in [3.05, 3.63) is 78.6 Å². The summed E-state index contributed by atoms with van der Waals surface area (Å²) < 4.78 is 46.0. The number of rotatable bonds is 6. The van der Waals surface area contributed by atoms with Gasteiger partial charge in [-0.05, 0) is 60.7 Å². The van der Waals surface area contributed by atoms with E-state index in [1.165, 1.54) is 25.3 Å². The minimum atomic E-state index is -3.70. The van der Waals surface area contributed by atoms with Gasteiger partial charge in [-0.1, -0.05) is 12.1 Å². The number of halogens is 1. The Kier molecular flexibility index (Phi) is 5.09. The molecule has 0 saturated carbocycles. The highest BCUT2D eigenvalue weighted by Crippen LogP contribution is 2.23. The Morgan fingerprint density at radius 1 is 0.846 bits per heavy atom. The van der Waals surface area contributed by atoms with Crippen molar-refractivity contribution in [2.75, 3.05) is 17.1 Å². The molecular formula is C19H17FN2O3S. The fourth-order valence-corrected chi connectivity index (χ4v) is 3.37. The van der Waals surface area contributed by atoms with Gasteiger partial charge < -0.3 is 10.1 Å². The van der Waals surface area contributed by atoms with E-state index in [9.17, 15) is 12.8 Å². The van der Waals surface area contributed by atoms with Crippen molar-refractivity contribution in [2.24, 2.45) is 0 Å². The second kappa shape index (κ2) is 7.45. The van der Waals surface area contributed by atoms with Crippen LogP contribution >= 0.6 is 0 Å². The summed E-state index contributed by atoms with van der Waals surface area (Å²) in [5.74, 6) is 0.212. The van der Waals surface area contributed by atoms with E-state index < -0.39 is 10.0 Å². The number of methoxy groups -OCH3 is 1. The number of benzene rings is 3. The summed E-state index contributed by atoms with van der Waals surface area (Å²) in [6.45, 7) is 0. The standard InChI is InChI=1S/C19H17FN2O3S/c1-25-16-10-12-17(13-11-16)26(23,24)22-15-8-6-14(7-9-15)21-19-5-3-2-4-18(19)20/h2-13,21-22H,1H3. The van der Waals surface area contributed by atoms with Crippen LogP contribution in [0.2, 0.25) is 0 Å². The molecule has 0 radical (unpaired) electrons. The lowest BCUT2D eigenvalue weighted by Crippen LogP contribution is -2.12. The van der Waals surface area contributed by atoms with Gasteiger partial charge in [-0.3, -0.25) is 4.72 Å². The normalized spacial score (nSPS) is 11.0. The minimum absolute atomic E-state index is 0.131. The molecule has 0 saturated heterocycles. The van der Waals surface area contributed by atoms with Crippen LogP contribution in [0.15, 0.2) is 77.7 Å². The lowest BCUT2D eigenvalue weighted by atomic mass is 10.2. The second-order valence-electron chi connectivity index (χ2n) is 5.46. The number of para-hydroxylation sites is 1. The minimum Gasteiger partial charge on any atom is -0.497 e. The molecule has 0 unspecified atom stereocenters. The summed E-state index contributed by atoms with van der Waals surface area (Å²) in [6.07, 6.45) is 0. The first-order valence-electron chi connectivity index (χ1n) is 7.76. The zero-order valence-electron chi connectivity index (χ0n) is 13.9. The van der Waals surface area contributed by atoms with Gasteiger partial charge in [0.15, 0.2) is 0 Å². The van der Waals surface area contributed by atoms with Gasteiger partial charge in [0.25, 0.3) is 10.0 Å². The number of nitrogens with one attached hydrogen (secondary N) is 2. The van der Waals surface area contributed by atoms with E-state index in [4.69, 9.17) is 4.74 Å². The lowest BCUT2D eigenvalue weighted by molar-refractivity contribution is 0.414. The predicted octanol–water partition coefficient (Wildman–Crippen LogP) is 4.38. The number of anilines is 3. The van der Waals surface area contributed by atoms with Gasteiger partial charge in [0.05, 0.1) is 17.7 Å². The monoisotopic (exact) mass is 372 g/mol. The van der Waals surface area contributed by atoms with Crippen LogP contribution in [0.25, 0.3) is 0 Å². The van der Waals surface area contributed by atoms with E-state index in [0.717, 1.165) is 0 Å². The Morgan fingerprint density at radius 2 is 1.46 bits per heavy atom. The zero-order chi connectivity index (χ0) is 18.6. The van der Waals surface area contributed by atoms with E-state index in [-0.39, 0.29) is 10.7 Å². The SMILES string of the molecule is COc1ccc(S(=O)(=O)Nc2ccc(Nc3ccccc3F)cc2)cc1. The topological polar surface area (TPSA) is 67.4 Å². The number of hydrogen-bond donors (Lipinski definition) is 2. The largest absolute Gasteiger partial charge is 0.497 e. The molecule has 0 aliphatic carbocycles. The van der Waals surface area contributed by atoms with Gasteiger partial charge >= 0.3 is 0 Å². The van der Waals surface area contributed by atoms with E-state index >= 15 is 0 Å². The van der Waals surface area contributed by atoms with Gasteiger partial charge in [-0.25, -0.2) is 12.8 Å². The maximum absolute atomic E-state index is 13.7. The third kappa shape index (κ3) is 4.12. The lowest BCUT2D eigenvalue weighted by Gasteiger charge is -2.11. The van der Waals surface area contributed by atoms with Crippen molar-refractivity contribution in [3.63, 3.8) is 0 Å². The third-order valence-corrected chi connectivity index (χ3v) is 5.06. The highest BCUT2D eigenvalue weighted by molar-refractivity contribution is 7.92. The average Bonchev–Trinajstić information content (AvgIpc) is 2.65. The smallest absolute Gasteiger partial charge is 0.261 e. The molecule has 0 spiro atoms. The summed E-state index contributed by atoms with van der Waals surface area (Å²) in [7, 11) is -2.19. The molecule has 0 fully saturated rings. The Hall–Kier alpha value is -3.06. The maximum Gasteiger partial charge on any atom is 0.261 e. The van der Waals surface area contributed by atoms with Crippen molar-refractivity contribution in [3.8, 4) is 5.75 Å². The molecule has 26 heavy (non-hydrogen) atoms.